The number of ketones is 2. The van der Waals surface area contributed by atoms with Crippen molar-refractivity contribution >= 4 is 11.6 Å². The molecule has 0 amide bonds. The lowest BCUT2D eigenvalue weighted by Crippen LogP contribution is -2.21. The van der Waals surface area contributed by atoms with E-state index in [0.29, 0.717) is 53.1 Å². The molecule has 0 aliphatic rings. The lowest BCUT2D eigenvalue weighted by Gasteiger charge is -2.14. The quantitative estimate of drug-likeness (QED) is 0.185. The molecule has 1 aromatic heterocycles. The van der Waals surface area contributed by atoms with E-state index >= 15 is 0 Å². The van der Waals surface area contributed by atoms with Crippen LogP contribution in [0, 0.1) is 0 Å². The summed E-state index contributed by atoms with van der Waals surface area (Å²) in [6.45, 7) is 9.15. The first kappa shape index (κ1) is 28.0. The molecule has 9 nitrogen and oxygen atoms in total. The minimum Gasteiger partial charge on any atom is -0.507 e. The molecule has 1 N–H and O–H groups in total. The molecule has 0 aliphatic heterocycles. The average molecular weight is 540 g/mol. The molecule has 4 rings (SSSR count). The topological polar surface area (TPSA) is 121 Å². The predicted molar refractivity (Wildman–Crippen MR) is 150 cm³/mol. The standard InChI is InChI=1S/C31H29N3O6/c1-5-38-26-13-9-7-11-22(26)30-32-29(33-31(34-30)23-12-8-10-14-27(23)39-6-2)21-16-15-20(17-24(21)35)40-18-25(36)28(37)19(3)4/h7-17,35H,3,5-6,18H2,1-2,4H3. The molecule has 0 bridgehead atoms. The Bertz CT molecular complexity index is 1500. The fourth-order valence-electron chi connectivity index (χ4n) is 3.85. The van der Waals surface area contributed by atoms with E-state index in [0.717, 1.165) is 0 Å². The molecule has 0 saturated carbocycles. The fraction of sp³-hybridized carbons (Fsp3) is 0.194. The van der Waals surface area contributed by atoms with Gasteiger partial charge in [-0.25, -0.2) is 15.0 Å². The van der Waals surface area contributed by atoms with E-state index in [1.807, 2.05) is 62.4 Å². The van der Waals surface area contributed by atoms with Gasteiger partial charge in [-0.3, -0.25) is 9.59 Å². The van der Waals surface area contributed by atoms with Crippen molar-refractivity contribution in [2.45, 2.75) is 20.8 Å². The number of carbonyl (C=O) groups is 2. The van der Waals surface area contributed by atoms with Crippen LogP contribution in [-0.4, -0.2) is 51.4 Å². The van der Waals surface area contributed by atoms with E-state index in [9.17, 15) is 14.7 Å². The van der Waals surface area contributed by atoms with E-state index in [1.165, 1.54) is 13.0 Å². The number of Topliss-reactive ketones (excluding diaryl/α,β-unsaturated/α-hetero) is 2. The maximum atomic E-state index is 12.0. The first-order valence-corrected chi connectivity index (χ1v) is 12.7. The second-order valence-electron chi connectivity index (χ2n) is 8.66. The summed E-state index contributed by atoms with van der Waals surface area (Å²) < 4.78 is 17.1. The number of ether oxygens (including phenoxy) is 3. The second-order valence-corrected chi connectivity index (χ2v) is 8.66. The predicted octanol–water partition coefficient (Wildman–Crippen LogP) is 5.47. The molecule has 40 heavy (non-hydrogen) atoms. The number of para-hydroxylation sites is 2. The Labute approximate surface area is 232 Å². The summed E-state index contributed by atoms with van der Waals surface area (Å²) in [5.41, 5.74) is 1.75. The lowest BCUT2D eigenvalue weighted by molar-refractivity contribution is -0.135. The molecule has 0 spiro atoms. The summed E-state index contributed by atoms with van der Waals surface area (Å²) in [4.78, 5) is 37.9. The van der Waals surface area contributed by atoms with Gasteiger partial charge in [0.1, 0.15) is 23.0 Å². The van der Waals surface area contributed by atoms with Gasteiger partial charge in [0, 0.05) is 6.07 Å². The van der Waals surface area contributed by atoms with Crippen LogP contribution in [0.25, 0.3) is 34.2 Å². The van der Waals surface area contributed by atoms with Crippen LogP contribution in [0.4, 0.5) is 0 Å². The first-order valence-electron chi connectivity index (χ1n) is 12.7. The molecule has 0 fully saturated rings. The van der Waals surface area contributed by atoms with Crippen LogP contribution >= 0.6 is 0 Å². The van der Waals surface area contributed by atoms with Crippen molar-refractivity contribution < 1.29 is 28.9 Å². The average Bonchev–Trinajstić information content (AvgIpc) is 2.96. The minimum absolute atomic E-state index is 0.130. The Hall–Kier alpha value is -5.05. The normalized spacial score (nSPS) is 10.6. The molecule has 204 valence electrons. The number of rotatable bonds is 12. The highest BCUT2D eigenvalue weighted by Crippen LogP contribution is 2.36. The molecule has 1 heterocycles. The Balaban J connectivity index is 1.79. The van der Waals surface area contributed by atoms with Gasteiger partial charge in [-0.2, -0.15) is 0 Å². The summed E-state index contributed by atoms with van der Waals surface area (Å²) in [5.74, 6) is 0.682. The van der Waals surface area contributed by atoms with Gasteiger partial charge in [0.15, 0.2) is 24.1 Å². The third kappa shape index (κ3) is 6.32. The highest BCUT2D eigenvalue weighted by Gasteiger charge is 2.20. The van der Waals surface area contributed by atoms with Crippen molar-refractivity contribution in [2.75, 3.05) is 19.8 Å². The van der Waals surface area contributed by atoms with E-state index in [-0.39, 0.29) is 22.9 Å². The summed E-state index contributed by atoms with van der Waals surface area (Å²) in [6.07, 6.45) is 0. The maximum absolute atomic E-state index is 12.0. The Kier molecular flexibility index (Phi) is 8.86. The summed E-state index contributed by atoms with van der Waals surface area (Å²) in [7, 11) is 0. The van der Waals surface area contributed by atoms with Crippen molar-refractivity contribution in [1.29, 1.82) is 0 Å². The Morgan fingerprint density at radius 2 is 1.25 bits per heavy atom. The lowest BCUT2D eigenvalue weighted by atomic mass is 10.1. The van der Waals surface area contributed by atoms with Gasteiger partial charge in [-0.05, 0) is 62.7 Å². The van der Waals surface area contributed by atoms with Crippen LogP contribution in [-0.2, 0) is 9.59 Å². The summed E-state index contributed by atoms with van der Waals surface area (Å²) in [5, 5.41) is 10.9. The number of aromatic nitrogens is 3. The number of allylic oxidation sites excluding steroid dienone is 1. The van der Waals surface area contributed by atoms with Crippen LogP contribution in [0.5, 0.6) is 23.0 Å². The van der Waals surface area contributed by atoms with Crippen molar-refractivity contribution in [3.05, 3.63) is 78.9 Å². The molecular weight excluding hydrogens is 510 g/mol. The second kappa shape index (κ2) is 12.7. The fourth-order valence-corrected chi connectivity index (χ4v) is 3.85. The molecule has 3 aromatic carbocycles. The molecule has 0 saturated heterocycles. The number of aromatic hydroxyl groups is 1. The van der Waals surface area contributed by atoms with E-state index in [4.69, 9.17) is 19.2 Å². The number of benzene rings is 3. The number of hydrogen-bond acceptors (Lipinski definition) is 9. The molecule has 4 aromatic rings. The molecule has 0 atom stereocenters. The van der Waals surface area contributed by atoms with Gasteiger partial charge >= 0.3 is 0 Å². The van der Waals surface area contributed by atoms with Crippen LogP contribution in [0.1, 0.15) is 20.8 Å². The highest BCUT2D eigenvalue weighted by molar-refractivity contribution is 6.43. The van der Waals surface area contributed by atoms with Crippen LogP contribution < -0.4 is 14.2 Å². The van der Waals surface area contributed by atoms with Gasteiger partial charge in [0.25, 0.3) is 0 Å². The van der Waals surface area contributed by atoms with E-state index in [1.54, 1.807) is 12.1 Å². The Morgan fingerprint density at radius 1 is 0.750 bits per heavy atom. The molecule has 0 aliphatic carbocycles. The van der Waals surface area contributed by atoms with Crippen LogP contribution in [0.2, 0.25) is 0 Å². The third-order valence-electron chi connectivity index (χ3n) is 5.71. The smallest absolute Gasteiger partial charge is 0.240 e. The zero-order valence-corrected chi connectivity index (χ0v) is 22.5. The van der Waals surface area contributed by atoms with Gasteiger partial charge in [0.2, 0.25) is 11.6 Å². The Morgan fingerprint density at radius 3 is 1.73 bits per heavy atom. The van der Waals surface area contributed by atoms with E-state index in [2.05, 4.69) is 16.5 Å². The van der Waals surface area contributed by atoms with Gasteiger partial charge in [0.05, 0.1) is 29.9 Å². The monoisotopic (exact) mass is 539 g/mol. The minimum atomic E-state index is -0.733. The molecule has 9 heteroatoms. The van der Waals surface area contributed by atoms with Crippen LogP contribution in [0.15, 0.2) is 78.9 Å². The van der Waals surface area contributed by atoms with Crippen molar-refractivity contribution in [3.8, 4) is 57.2 Å². The number of phenolic OH excluding ortho intramolecular Hbond substituents is 1. The number of hydrogen-bond donors (Lipinski definition) is 1. The summed E-state index contributed by atoms with van der Waals surface area (Å²) in [6, 6.07) is 19.3. The van der Waals surface area contributed by atoms with Gasteiger partial charge in [-0.1, -0.05) is 30.8 Å². The summed E-state index contributed by atoms with van der Waals surface area (Å²) >= 11 is 0. The van der Waals surface area contributed by atoms with Gasteiger partial charge < -0.3 is 19.3 Å². The molecule has 0 radical (unpaired) electrons. The van der Waals surface area contributed by atoms with Gasteiger partial charge in [-0.15, -0.1) is 0 Å². The number of nitrogens with zero attached hydrogens (tertiary/aromatic N) is 3. The zero-order chi connectivity index (χ0) is 28.6. The van der Waals surface area contributed by atoms with Crippen molar-refractivity contribution in [3.63, 3.8) is 0 Å². The largest absolute Gasteiger partial charge is 0.507 e. The van der Waals surface area contributed by atoms with Crippen molar-refractivity contribution in [1.82, 2.24) is 15.0 Å². The SMILES string of the molecule is C=C(C)C(=O)C(=O)COc1ccc(-c2nc(-c3ccccc3OCC)nc(-c3ccccc3OCC)n2)c(O)c1. The maximum Gasteiger partial charge on any atom is 0.240 e. The zero-order valence-electron chi connectivity index (χ0n) is 22.5. The number of carbonyl (C=O) groups excluding carboxylic acids is 2. The highest BCUT2D eigenvalue weighted by atomic mass is 16.5. The van der Waals surface area contributed by atoms with E-state index < -0.39 is 18.2 Å². The first-order chi connectivity index (χ1) is 19.3. The number of phenols is 1. The molecule has 0 unspecified atom stereocenters. The van der Waals surface area contributed by atoms with Crippen molar-refractivity contribution in [2.24, 2.45) is 0 Å². The third-order valence-corrected chi connectivity index (χ3v) is 5.71. The molecular formula is C31H29N3O6. The van der Waals surface area contributed by atoms with Crippen LogP contribution in [0.3, 0.4) is 0 Å².